The molecule has 8 heteroatoms. The van der Waals surface area contributed by atoms with Crippen molar-refractivity contribution < 1.29 is 23.9 Å². The molecule has 208 valence electrons. The number of esters is 1. The van der Waals surface area contributed by atoms with Crippen LogP contribution in [0, 0.1) is 11.3 Å². The molecule has 4 atom stereocenters. The number of nitrogens with one attached hydrogen (secondary N) is 2. The maximum Gasteiger partial charge on any atom is 0.333 e. The molecule has 0 spiro atoms. The second kappa shape index (κ2) is 14.9. The second-order valence-corrected chi connectivity index (χ2v) is 10.8. The molecule has 8 nitrogen and oxygen atoms in total. The van der Waals surface area contributed by atoms with Crippen LogP contribution in [0.15, 0.2) is 42.0 Å². The number of carbonyl (C=O) groups excluding carboxylic acids is 3. The summed E-state index contributed by atoms with van der Waals surface area (Å²) in [7, 11) is 3.40. The minimum Gasteiger partial charge on any atom is -0.463 e. The molecule has 0 aliphatic heterocycles. The monoisotopic (exact) mass is 517 g/mol. The van der Waals surface area contributed by atoms with Crippen LogP contribution < -0.4 is 10.6 Å². The fraction of sp³-hybridized carbons (Fsp3) is 0.621. The van der Waals surface area contributed by atoms with Gasteiger partial charge in [-0.3, -0.25) is 9.59 Å². The van der Waals surface area contributed by atoms with E-state index < -0.39 is 29.6 Å². The van der Waals surface area contributed by atoms with Crippen LogP contribution in [-0.2, 0) is 30.5 Å². The second-order valence-electron chi connectivity index (χ2n) is 10.8. The first-order valence-corrected chi connectivity index (χ1v) is 13.0. The standard InChI is InChI=1S/C29H47N3O5/c1-11-36-28(35)20(4)17-23(19(2)3)32(10)27(34)25(29(6,7)8)31-26(33)24(30-9)21(5)37-18-22-15-13-12-14-16-22/h12-17,19,21,23-25,30H,11,18H2,1-10H3,(H,31,33)/t21-,23-,24+,25-/m1/s1. The number of ether oxygens (including phenoxy) is 2. The van der Waals surface area contributed by atoms with E-state index in [0.29, 0.717) is 12.2 Å². The number of benzene rings is 1. The molecule has 1 aromatic rings. The van der Waals surface area contributed by atoms with Crippen molar-refractivity contribution in [3.8, 4) is 0 Å². The molecule has 2 N–H and O–H groups in total. The number of amides is 2. The third-order valence-corrected chi connectivity index (χ3v) is 6.31. The van der Waals surface area contributed by atoms with Gasteiger partial charge in [0.1, 0.15) is 12.1 Å². The topological polar surface area (TPSA) is 97.0 Å². The number of rotatable bonds is 13. The first-order valence-electron chi connectivity index (χ1n) is 13.0. The van der Waals surface area contributed by atoms with Crippen molar-refractivity contribution in [2.45, 2.75) is 86.2 Å². The molecule has 0 saturated carbocycles. The molecule has 0 radical (unpaired) electrons. The highest BCUT2D eigenvalue weighted by atomic mass is 16.5. The number of carbonyl (C=O) groups is 3. The third-order valence-electron chi connectivity index (χ3n) is 6.31. The normalized spacial score (nSPS) is 15.5. The van der Waals surface area contributed by atoms with Crippen molar-refractivity contribution in [2.24, 2.45) is 11.3 Å². The van der Waals surface area contributed by atoms with Gasteiger partial charge in [0.15, 0.2) is 0 Å². The van der Waals surface area contributed by atoms with Gasteiger partial charge >= 0.3 is 5.97 Å². The van der Waals surface area contributed by atoms with Gasteiger partial charge in [0.2, 0.25) is 11.8 Å². The predicted octanol–water partition coefficient (Wildman–Crippen LogP) is 3.70. The van der Waals surface area contributed by atoms with Gasteiger partial charge in [-0.15, -0.1) is 0 Å². The summed E-state index contributed by atoms with van der Waals surface area (Å²) in [6, 6.07) is 7.95. The van der Waals surface area contributed by atoms with Crippen molar-refractivity contribution in [3.05, 3.63) is 47.5 Å². The predicted molar refractivity (Wildman–Crippen MR) is 147 cm³/mol. The zero-order valence-electron chi connectivity index (χ0n) is 24.3. The summed E-state index contributed by atoms with van der Waals surface area (Å²) < 4.78 is 11.1. The number of likely N-dealkylation sites (N-methyl/N-ethyl adjacent to an activating group) is 2. The number of nitrogens with zero attached hydrogens (tertiary/aromatic N) is 1. The highest BCUT2D eigenvalue weighted by molar-refractivity contribution is 5.91. The fourth-order valence-corrected chi connectivity index (χ4v) is 4.03. The molecule has 0 fully saturated rings. The largest absolute Gasteiger partial charge is 0.463 e. The third kappa shape index (κ3) is 9.93. The zero-order valence-corrected chi connectivity index (χ0v) is 24.3. The Kier molecular flexibility index (Phi) is 13.0. The SMILES string of the molecule is CCOC(=O)C(C)=C[C@H](C(C)C)N(C)C(=O)[C@@H](NC(=O)[C@@H](NC)[C@@H](C)OCc1ccccc1)C(C)(C)C. The zero-order chi connectivity index (χ0) is 28.3. The lowest BCUT2D eigenvalue weighted by Crippen LogP contribution is -2.60. The van der Waals surface area contributed by atoms with E-state index in [4.69, 9.17) is 9.47 Å². The minimum absolute atomic E-state index is 0.0334. The minimum atomic E-state index is -0.792. The Hall–Kier alpha value is -2.71. The Morgan fingerprint density at radius 3 is 2.16 bits per heavy atom. The highest BCUT2D eigenvalue weighted by Crippen LogP contribution is 2.24. The Bertz CT molecular complexity index is 908. The van der Waals surface area contributed by atoms with Gasteiger partial charge < -0.3 is 25.0 Å². The van der Waals surface area contributed by atoms with E-state index in [1.165, 1.54) is 0 Å². The first-order chi connectivity index (χ1) is 17.2. The maximum atomic E-state index is 13.8. The van der Waals surface area contributed by atoms with Crippen LogP contribution in [0.2, 0.25) is 0 Å². The molecule has 0 bridgehead atoms. The van der Waals surface area contributed by atoms with Crippen LogP contribution in [0.5, 0.6) is 0 Å². The average Bonchev–Trinajstić information content (AvgIpc) is 2.83. The molecule has 1 aromatic carbocycles. The van der Waals surface area contributed by atoms with Crippen molar-refractivity contribution in [1.82, 2.24) is 15.5 Å². The number of hydrogen-bond donors (Lipinski definition) is 2. The summed E-state index contributed by atoms with van der Waals surface area (Å²) in [5.74, 6) is -0.925. The average molecular weight is 518 g/mol. The van der Waals surface area contributed by atoms with Crippen LogP contribution in [0.25, 0.3) is 0 Å². The Morgan fingerprint density at radius 2 is 1.68 bits per heavy atom. The smallest absolute Gasteiger partial charge is 0.333 e. The van der Waals surface area contributed by atoms with E-state index in [0.717, 1.165) is 5.56 Å². The molecule has 0 unspecified atom stereocenters. The summed E-state index contributed by atoms with van der Waals surface area (Å²) in [6.45, 7) is 15.6. The maximum absolute atomic E-state index is 13.8. The molecule has 0 saturated heterocycles. The fourth-order valence-electron chi connectivity index (χ4n) is 4.03. The molecular weight excluding hydrogens is 470 g/mol. The van der Waals surface area contributed by atoms with Crippen LogP contribution >= 0.6 is 0 Å². The van der Waals surface area contributed by atoms with Gasteiger partial charge in [0, 0.05) is 12.6 Å². The molecule has 0 heterocycles. The van der Waals surface area contributed by atoms with Gasteiger partial charge in [-0.25, -0.2) is 4.79 Å². The molecule has 37 heavy (non-hydrogen) atoms. The van der Waals surface area contributed by atoms with Gasteiger partial charge in [0.05, 0.1) is 25.4 Å². The lowest BCUT2D eigenvalue weighted by molar-refractivity contribution is -0.141. The summed E-state index contributed by atoms with van der Waals surface area (Å²) in [4.78, 5) is 40.9. The van der Waals surface area contributed by atoms with Crippen molar-refractivity contribution in [1.29, 1.82) is 0 Å². The van der Waals surface area contributed by atoms with E-state index in [-0.39, 0.29) is 30.4 Å². The quantitative estimate of drug-likeness (QED) is 0.306. The summed E-state index contributed by atoms with van der Waals surface area (Å²) in [6.07, 6.45) is 1.33. The Labute approximate surface area is 223 Å². The van der Waals surface area contributed by atoms with E-state index in [1.54, 1.807) is 38.9 Å². The van der Waals surface area contributed by atoms with Gasteiger partial charge in [0.25, 0.3) is 0 Å². The van der Waals surface area contributed by atoms with Crippen molar-refractivity contribution in [3.63, 3.8) is 0 Å². The molecule has 0 aromatic heterocycles. The molecule has 2 amide bonds. The lowest BCUT2D eigenvalue weighted by atomic mass is 9.84. The molecule has 1 rings (SSSR count). The van der Waals surface area contributed by atoms with Crippen molar-refractivity contribution in [2.75, 3.05) is 20.7 Å². The van der Waals surface area contributed by atoms with Crippen molar-refractivity contribution >= 4 is 17.8 Å². The van der Waals surface area contributed by atoms with E-state index in [1.807, 2.05) is 71.9 Å². The molecule has 0 aliphatic carbocycles. The highest BCUT2D eigenvalue weighted by Gasteiger charge is 2.38. The Morgan fingerprint density at radius 1 is 1.08 bits per heavy atom. The summed E-state index contributed by atoms with van der Waals surface area (Å²) >= 11 is 0. The number of hydrogen-bond acceptors (Lipinski definition) is 6. The van der Waals surface area contributed by atoms with Gasteiger partial charge in [-0.05, 0) is 44.7 Å². The van der Waals surface area contributed by atoms with E-state index in [2.05, 4.69) is 10.6 Å². The van der Waals surface area contributed by atoms with Crippen LogP contribution in [0.3, 0.4) is 0 Å². The molecule has 0 aliphatic rings. The van der Waals surface area contributed by atoms with E-state index >= 15 is 0 Å². The van der Waals surface area contributed by atoms with Crippen LogP contribution in [0.1, 0.15) is 61.0 Å². The first kappa shape index (κ1) is 32.3. The van der Waals surface area contributed by atoms with E-state index in [9.17, 15) is 14.4 Å². The van der Waals surface area contributed by atoms with Gasteiger partial charge in [-0.2, -0.15) is 0 Å². The van der Waals surface area contributed by atoms with Crippen LogP contribution in [0.4, 0.5) is 0 Å². The lowest BCUT2D eigenvalue weighted by Gasteiger charge is -2.38. The summed E-state index contributed by atoms with van der Waals surface area (Å²) in [5, 5.41) is 6.00. The summed E-state index contributed by atoms with van der Waals surface area (Å²) in [5.41, 5.74) is 0.894. The Balaban J connectivity index is 3.08. The molecular formula is C29H47N3O5. The van der Waals surface area contributed by atoms with Gasteiger partial charge in [-0.1, -0.05) is 71.0 Å². The van der Waals surface area contributed by atoms with Crippen LogP contribution in [-0.4, -0.2) is 67.6 Å².